The molecule has 0 aliphatic carbocycles. The fourth-order valence-electron chi connectivity index (χ4n) is 2.61. The molecule has 0 N–H and O–H groups in total. The van der Waals surface area contributed by atoms with Gasteiger partial charge in [0.25, 0.3) is 0 Å². The third-order valence-electron chi connectivity index (χ3n) is 3.72. The molecule has 130 valence electrons. The summed E-state index contributed by atoms with van der Waals surface area (Å²) in [5.41, 5.74) is 1.32. The molecule has 1 aliphatic rings. The summed E-state index contributed by atoms with van der Waals surface area (Å²) in [5.74, 6) is 2.52. The lowest BCUT2D eigenvalue weighted by Crippen LogP contribution is -2.05. The summed E-state index contributed by atoms with van der Waals surface area (Å²) in [7, 11) is 3.14. The Morgan fingerprint density at radius 3 is 2.44 bits per heavy atom. The standard InChI is InChI=1S/C20H20O5/c1-12(2)24-14-6-7-15-17(11-14)25-19(20(15)21)10-13-5-8-16(22-3)18(9-13)23-4/h5-12H,1-4H3/b19-10-. The first-order chi connectivity index (χ1) is 12.0. The molecule has 0 saturated heterocycles. The minimum Gasteiger partial charge on any atom is -0.493 e. The summed E-state index contributed by atoms with van der Waals surface area (Å²) >= 11 is 0. The molecule has 2 aromatic rings. The Morgan fingerprint density at radius 1 is 1.00 bits per heavy atom. The number of benzene rings is 2. The molecule has 0 atom stereocenters. The van der Waals surface area contributed by atoms with Gasteiger partial charge >= 0.3 is 0 Å². The van der Waals surface area contributed by atoms with Crippen LogP contribution in [0.15, 0.2) is 42.2 Å². The Morgan fingerprint density at radius 2 is 1.76 bits per heavy atom. The fourth-order valence-corrected chi connectivity index (χ4v) is 2.61. The summed E-state index contributed by atoms with van der Waals surface area (Å²) in [5, 5.41) is 0. The number of fused-ring (bicyclic) bond motifs is 1. The van der Waals surface area contributed by atoms with Crippen LogP contribution < -0.4 is 18.9 Å². The first kappa shape index (κ1) is 16.9. The second-order valence-electron chi connectivity index (χ2n) is 5.88. The minimum absolute atomic E-state index is 0.0527. The molecule has 1 aliphatic heterocycles. The van der Waals surface area contributed by atoms with Crippen molar-refractivity contribution in [3.63, 3.8) is 0 Å². The number of carbonyl (C=O) groups is 1. The Bertz CT molecular complexity index is 836. The highest BCUT2D eigenvalue weighted by molar-refractivity contribution is 6.14. The monoisotopic (exact) mass is 340 g/mol. The largest absolute Gasteiger partial charge is 0.493 e. The fraction of sp³-hybridized carbons (Fsp3) is 0.250. The van der Waals surface area contributed by atoms with E-state index in [0.29, 0.717) is 28.6 Å². The Balaban J connectivity index is 1.89. The molecule has 3 rings (SSSR count). The van der Waals surface area contributed by atoms with Gasteiger partial charge in [-0.3, -0.25) is 4.79 Å². The van der Waals surface area contributed by atoms with Gasteiger partial charge in [-0.25, -0.2) is 0 Å². The maximum Gasteiger partial charge on any atom is 0.231 e. The zero-order valence-corrected chi connectivity index (χ0v) is 14.7. The maximum atomic E-state index is 12.5. The van der Waals surface area contributed by atoms with Crippen LogP contribution in [0.5, 0.6) is 23.0 Å². The molecule has 2 aromatic carbocycles. The number of allylic oxidation sites excluding steroid dienone is 1. The van der Waals surface area contributed by atoms with Crippen molar-refractivity contribution in [2.24, 2.45) is 0 Å². The SMILES string of the molecule is COc1ccc(/C=C2\Oc3cc(OC(C)C)ccc3C2=O)cc1OC. The number of ketones is 1. The van der Waals surface area contributed by atoms with E-state index < -0.39 is 0 Å². The number of carbonyl (C=O) groups excluding carboxylic acids is 1. The van der Waals surface area contributed by atoms with Crippen molar-refractivity contribution in [3.05, 3.63) is 53.3 Å². The topological polar surface area (TPSA) is 54.0 Å². The molecule has 0 amide bonds. The molecule has 0 bridgehead atoms. The highest BCUT2D eigenvalue weighted by Gasteiger charge is 2.28. The van der Waals surface area contributed by atoms with E-state index in [2.05, 4.69) is 0 Å². The van der Waals surface area contributed by atoms with Crippen molar-refractivity contribution < 1.29 is 23.7 Å². The second kappa shape index (κ2) is 6.89. The minimum atomic E-state index is -0.152. The van der Waals surface area contributed by atoms with Gasteiger partial charge in [-0.15, -0.1) is 0 Å². The van der Waals surface area contributed by atoms with Gasteiger partial charge in [0.1, 0.15) is 11.5 Å². The summed E-state index contributed by atoms with van der Waals surface area (Å²) in [6, 6.07) is 10.7. The van der Waals surface area contributed by atoms with Crippen LogP contribution in [-0.2, 0) is 0 Å². The van der Waals surface area contributed by atoms with Crippen LogP contribution in [-0.4, -0.2) is 26.1 Å². The molecule has 0 unspecified atom stereocenters. The molecule has 0 aromatic heterocycles. The van der Waals surface area contributed by atoms with Gasteiger partial charge in [0.15, 0.2) is 17.3 Å². The molecule has 0 radical (unpaired) electrons. The number of Topliss-reactive ketones (excluding diaryl/α,β-unsaturated/α-hetero) is 1. The zero-order valence-electron chi connectivity index (χ0n) is 14.7. The average Bonchev–Trinajstić information content (AvgIpc) is 2.89. The smallest absolute Gasteiger partial charge is 0.231 e. The van der Waals surface area contributed by atoms with Crippen molar-refractivity contribution in [3.8, 4) is 23.0 Å². The molecule has 0 saturated carbocycles. The van der Waals surface area contributed by atoms with Gasteiger partial charge in [-0.05, 0) is 49.8 Å². The van der Waals surface area contributed by atoms with E-state index in [1.54, 1.807) is 50.6 Å². The number of hydrogen-bond donors (Lipinski definition) is 0. The van der Waals surface area contributed by atoms with Gasteiger partial charge in [0, 0.05) is 6.07 Å². The van der Waals surface area contributed by atoms with Crippen LogP contribution in [0.1, 0.15) is 29.8 Å². The van der Waals surface area contributed by atoms with Crippen LogP contribution in [0, 0.1) is 0 Å². The molecular weight excluding hydrogens is 320 g/mol. The molecule has 1 heterocycles. The summed E-state index contributed by atoms with van der Waals surface area (Å²) < 4.78 is 21.9. The van der Waals surface area contributed by atoms with Gasteiger partial charge in [-0.1, -0.05) is 6.07 Å². The number of methoxy groups -OCH3 is 2. The number of ether oxygens (including phenoxy) is 4. The third-order valence-corrected chi connectivity index (χ3v) is 3.72. The van der Waals surface area contributed by atoms with Crippen molar-refractivity contribution in [2.45, 2.75) is 20.0 Å². The Kier molecular flexibility index (Phi) is 4.65. The van der Waals surface area contributed by atoms with Crippen LogP contribution >= 0.6 is 0 Å². The van der Waals surface area contributed by atoms with Crippen LogP contribution in [0.3, 0.4) is 0 Å². The highest BCUT2D eigenvalue weighted by atomic mass is 16.5. The van der Waals surface area contributed by atoms with Crippen LogP contribution in [0.4, 0.5) is 0 Å². The Labute approximate surface area is 146 Å². The first-order valence-electron chi connectivity index (χ1n) is 7.99. The van der Waals surface area contributed by atoms with E-state index in [4.69, 9.17) is 18.9 Å². The summed E-state index contributed by atoms with van der Waals surface area (Å²) in [6.45, 7) is 3.89. The lowest BCUT2D eigenvalue weighted by Gasteiger charge is -2.10. The lowest BCUT2D eigenvalue weighted by atomic mass is 10.1. The van der Waals surface area contributed by atoms with Crippen molar-refractivity contribution >= 4 is 11.9 Å². The predicted octanol–water partition coefficient (Wildman–Crippen LogP) is 4.11. The number of hydrogen-bond acceptors (Lipinski definition) is 5. The van der Waals surface area contributed by atoms with E-state index in [0.717, 1.165) is 5.56 Å². The van der Waals surface area contributed by atoms with Crippen molar-refractivity contribution in [2.75, 3.05) is 14.2 Å². The first-order valence-corrected chi connectivity index (χ1v) is 7.99. The van der Waals surface area contributed by atoms with Gasteiger partial charge in [0.05, 0.1) is 25.9 Å². The van der Waals surface area contributed by atoms with Crippen LogP contribution in [0.2, 0.25) is 0 Å². The Hall–Kier alpha value is -2.95. The second-order valence-corrected chi connectivity index (χ2v) is 5.88. The van der Waals surface area contributed by atoms with E-state index in [1.807, 2.05) is 19.9 Å². The average molecular weight is 340 g/mol. The molecule has 5 heteroatoms. The molecule has 25 heavy (non-hydrogen) atoms. The van der Waals surface area contributed by atoms with E-state index in [1.165, 1.54) is 0 Å². The van der Waals surface area contributed by atoms with Gasteiger partial charge in [-0.2, -0.15) is 0 Å². The van der Waals surface area contributed by atoms with Crippen LogP contribution in [0.25, 0.3) is 6.08 Å². The van der Waals surface area contributed by atoms with Gasteiger partial charge in [0.2, 0.25) is 5.78 Å². The quantitative estimate of drug-likeness (QED) is 0.767. The number of rotatable bonds is 5. The molecule has 0 fully saturated rings. The zero-order chi connectivity index (χ0) is 18.0. The summed E-state index contributed by atoms with van der Waals surface area (Å²) in [6.07, 6.45) is 1.74. The lowest BCUT2D eigenvalue weighted by molar-refractivity contribution is 0.101. The van der Waals surface area contributed by atoms with Crippen molar-refractivity contribution in [1.29, 1.82) is 0 Å². The van der Waals surface area contributed by atoms with E-state index in [-0.39, 0.29) is 17.6 Å². The van der Waals surface area contributed by atoms with E-state index >= 15 is 0 Å². The van der Waals surface area contributed by atoms with Crippen molar-refractivity contribution in [1.82, 2.24) is 0 Å². The molecular formula is C20H20O5. The van der Waals surface area contributed by atoms with Gasteiger partial charge < -0.3 is 18.9 Å². The molecule has 0 spiro atoms. The molecule has 5 nitrogen and oxygen atoms in total. The normalized spacial score (nSPS) is 14.4. The maximum absolute atomic E-state index is 12.5. The predicted molar refractivity (Wildman–Crippen MR) is 94.7 cm³/mol. The summed E-state index contributed by atoms with van der Waals surface area (Å²) in [4.78, 5) is 12.5. The highest BCUT2D eigenvalue weighted by Crippen LogP contribution is 2.36. The van der Waals surface area contributed by atoms with E-state index in [9.17, 15) is 4.79 Å². The third kappa shape index (κ3) is 3.45.